The average Bonchev–Trinajstić information content (AvgIpc) is 3.62. The molecule has 2 aromatic rings. The molecule has 2 atom stereocenters. The summed E-state index contributed by atoms with van der Waals surface area (Å²) in [5.41, 5.74) is 2.52. The van der Waals surface area contributed by atoms with Crippen molar-refractivity contribution < 1.29 is 14.4 Å². The molecule has 2 aliphatic rings. The fourth-order valence-electron chi connectivity index (χ4n) is 4.03. The molecule has 1 saturated heterocycles. The maximum atomic E-state index is 13.3. The van der Waals surface area contributed by atoms with Crippen LogP contribution in [0.3, 0.4) is 0 Å². The Morgan fingerprint density at radius 1 is 0.968 bits per heavy atom. The standard InChI is InChI=1S/C25H29N3O3/c1-17(18-12-14-21(15-13-18)27-24(30)20-10-11-20)26-25(31)23(19-7-3-2-4-8-19)28-16-6-5-9-22(28)29/h2-4,7-8,12-15,17,20,23H,5-6,9-11,16H2,1H3,(H,26,31)(H,27,30). The Kier molecular flexibility index (Phi) is 6.35. The zero-order valence-electron chi connectivity index (χ0n) is 17.8. The SMILES string of the molecule is CC(NC(=O)C(c1ccccc1)N1CCCCC1=O)c1ccc(NC(=O)C2CC2)cc1. The highest BCUT2D eigenvalue weighted by atomic mass is 16.2. The number of amides is 3. The molecule has 4 rings (SSSR count). The van der Waals surface area contributed by atoms with Gasteiger partial charge in [0, 0.05) is 24.6 Å². The topological polar surface area (TPSA) is 78.5 Å². The molecule has 1 aliphatic heterocycles. The minimum Gasteiger partial charge on any atom is -0.347 e. The summed E-state index contributed by atoms with van der Waals surface area (Å²) in [6, 6.07) is 16.2. The van der Waals surface area contributed by atoms with Crippen molar-refractivity contribution in [3.8, 4) is 0 Å². The molecule has 162 valence electrons. The number of piperidine rings is 1. The van der Waals surface area contributed by atoms with E-state index in [1.807, 2.05) is 61.5 Å². The van der Waals surface area contributed by atoms with Crippen molar-refractivity contribution in [2.75, 3.05) is 11.9 Å². The first kappa shape index (κ1) is 21.1. The number of rotatable bonds is 7. The first-order chi connectivity index (χ1) is 15.0. The molecule has 0 aromatic heterocycles. The minimum absolute atomic E-state index is 0.0265. The van der Waals surface area contributed by atoms with Crippen LogP contribution in [0.1, 0.15) is 62.2 Å². The van der Waals surface area contributed by atoms with Crippen LogP contribution in [0, 0.1) is 5.92 Å². The number of anilines is 1. The van der Waals surface area contributed by atoms with Crippen molar-refractivity contribution in [3.05, 3.63) is 65.7 Å². The van der Waals surface area contributed by atoms with Crippen LogP contribution in [-0.2, 0) is 14.4 Å². The van der Waals surface area contributed by atoms with Crippen molar-refractivity contribution in [3.63, 3.8) is 0 Å². The molecule has 0 radical (unpaired) electrons. The van der Waals surface area contributed by atoms with Gasteiger partial charge < -0.3 is 15.5 Å². The quantitative estimate of drug-likeness (QED) is 0.713. The number of likely N-dealkylation sites (tertiary alicyclic amines) is 1. The summed E-state index contributed by atoms with van der Waals surface area (Å²) >= 11 is 0. The van der Waals surface area contributed by atoms with Crippen LogP contribution >= 0.6 is 0 Å². The molecule has 3 amide bonds. The molecule has 1 aliphatic carbocycles. The predicted molar refractivity (Wildman–Crippen MR) is 119 cm³/mol. The van der Waals surface area contributed by atoms with E-state index in [1.165, 1.54) is 0 Å². The Morgan fingerprint density at radius 2 is 1.68 bits per heavy atom. The van der Waals surface area contributed by atoms with Gasteiger partial charge >= 0.3 is 0 Å². The van der Waals surface area contributed by atoms with Gasteiger partial charge in [-0.05, 0) is 55.9 Å². The van der Waals surface area contributed by atoms with Gasteiger partial charge in [-0.1, -0.05) is 42.5 Å². The second-order valence-electron chi connectivity index (χ2n) is 8.47. The Labute approximate surface area is 183 Å². The summed E-state index contributed by atoms with van der Waals surface area (Å²) in [7, 11) is 0. The molecule has 0 bridgehead atoms. The third-order valence-corrected chi connectivity index (χ3v) is 6.02. The van der Waals surface area contributed by atoms with Gasteiger partial charge in [0.25, 0.3) is 0 Å². The second-order valence-corrected chi connectivity index (χ2v) is 8.47. The lowest BCUT2D eigenvalue weighted by Crippen LogP contribution is -2.46. The Balaban J connectivity index is 1.46. The lowest BCUT2D eigenvalue weighted by molar-refractivity contribution is -0.143. The second kappa shape index (κ2) is 9.33. The highest BCUT2D eigenvalue weighted by Crippen LogP contribution is 2.30. The van der Waals surface area contributed by atoms with Crippen LogP contribution in [0.15, 0.2) is 54.6 Å². The molecular weight excluding hydrogens is 390 g/mol. The van der Waals surface area contributed by atoms with Gasteiger partial charge in [-0.15, -0.1) is 0 Å². The maximum Gasteiger partial charge on any atom is 0.247 e. The first-order valence-electron chi connectivity index (χ1n) is 11.1. The lowest BCUT2D eigenvalue weighted by atomic mass is 9.99. The summed E-state index contributed by atoms with van der Waals surface area (Å²) in [5.74, 6) is 0.0787. The molecule has 2 fully saturated rings. The average molecular weight is 420 g/mol. The van der Waals surface area contributed by atoms with Crippen molar-refractivity contribution in [1.29, 1.82) is 0 Å². The molecule has 1 saturated carbocycles. The van der Waals surface area contributed by atoms with E-state index >= 15 is 0 Å². The van der Waals surface area contributed by atoms with Crippen LogP contribution in [0.2, 0.25) is 0 Å². The van der Waals surface area contributed by atoms with Gasteiger partial charge in [-0.2, -0.15) is 0 Å². The van der Waals surface area contributed by atoms with Gasteiger partial charge in [-0.3, -0.25) is 14.4 Å². The predicted octanol–water partition coefficient (Wildman–Crippen LogP) is 3.97. The van der Waals surface area contributed by atoms with E-state index < -0.39 is 6.04 Å². The molecule has 2 aromatic carbocycles. The number of nitrogens with one attached hydrogen (secondary N) is 2. The van der Waals surface area contributed by atoms with Gasteiger partial charge in [0.2, 0.25) is 17.7 Å². The highest BCUT2D eigenvalue weighted by Gasteiger charge is 2.33. The number of carbonyl (C=O) groups excluding carboxylic acids is 3. The molecule has 1 heterocycles. The van der Waals surface area contributed by atoms with E-state index in [1.54, 1.807) is 4.90 Å². The molecule has 2 N–H and O–H groups in total. The third kappa shape index (κ3) is 5.13. The van der Waals surface area contributed by atoms with E-state index in [4.69, 9.17) is 0 Å². The number of carbonyl (C=O) groups is 3. The Morgan fingerprint density at radius 3 is 2.32 bits per heavy atom. The van der Waals surface area contributed by atoms with Gasteiger partial charge in [0.1, 0.15) is 6.04 Å². The third-order valence-electron chi connectivity index (χ3n) is 6.02. The van der Waals surface area contributed by atoms with E-state index in [0.29, 0.717) is 13.0 Å². The lowest BCUT2D eigenvalue weighted by Gasteiger charge is -2.34. The van der Waals surface area contributed by atoms with E-state index in [2.05, 4.69) is 10.6 Å². The number of hydrogen-bond donors (Lipinski definition) is 2. The molecule has 6 heteroatoms. The van der Waals surface area contributed by atoms with Gasteiger partial charge in [-0.25, -0.2) is 0 Å². The zero-order valence-corrected chi connectivity index (χ0v) is 17.8. The Bertz CT molecular complexity index is 938. The minimum atomic E-state index is -0.631. The van der Waals surface area contributed by atoms with Crippen molar-refractivity contribution in [1.82, 2.24) is 10.2 Å². The van der Waals surface area contributed by atoms with E-state index in [9.17, 15) is 14.4 Å². The van der Waals surface area contributed by atoms with E-state index in [-0.39, 0.29) is 29.7 Å². The van der Waals surface area contributed by atoms with Crippen LogP contribution in [-0.4, -0.2) is 29.2 Å². The molecule has 6 nitrogen and oxygen atoms in total. The summed E-state index contributed by atoms with van der Waals surface area (Å²) in [5, 5.41) is 6.01. The normalized spacial score (nSPS) is 18.2. The smallest absolute Gasteiger partial charge is 0.247 e. The highest BCUT2D eigenvalue weighted by molar-refractivity contribution is 5.94. The van der Waals surface area contributed by atoms with Gasteiger partial charge in [0.05, 0.1) is 6.04 Å². The van der Waals surface area contributed by atoms with Crippen molar-refractivity contribution >= 4 is 23.4 Å². The maximum absolute atomic E-state index is 13.3. The number of hydrogen-bond acceptors (Lipinski definition) is 3. The molecule has 2 unspecified atom stereocenters. The molecular formula is C25H29N3O3. The number of benzene rings is 2. The van der Waals surface area contributed by atoms with Crippen LogP contribution < -0.4 is 10.6 Å². The monoisotopic (exact) mass is 419 g/mol. The molecule has 31 heavy (non-hydrogen) atoms. The van der Waals surface area contributed by atoms with E-state index in [0.717, 1.165) is 42.5 Å². The van der Waals surface area contributed by atoms with Gasteiger partial charge in [0.15, 0.2) is 0 Å². The summed E-state index contributed by atoms with van der Waals surface area (Å²) in [6.07, 6.45) is 4.20. The van der Waals surface area contributed by atoms with Crippen molar-refractivity contribution in [2.45, 2.75) is 51.1 Å². The van der Waals surface area contributed by atoms with Crippen LogP contribution in [0.25, 0.3) is 0 Å². The fraction of sp³-hybridized carbons (Fsp3) is 0.400. The zero-order chi connectivity index (χ0) is 21.8. The van der Waals surface area contributed by atoms with Crippen LogP contribution in [0.4, 0.5) is 5.69 Å². The molecule has 0 spiro atoms. The number of nitrogens with zero attached hydrogens (tertiary/aromatic N) is 1. The summed E-state index contributed by atoms with van der Waals surface area (Å²) < 4.78 is 0. The van der Waals surface area contributed by atoms with Crippen molar-refractivity contribution in [2.24, 2.45) is 5.92 Å². The van der Waals surface area contributed by atoms with Crippen LogP contribution in [0.5, 0.6) is 0 Å². The Hall–Kier alpha value is -3.15. The first-order valence-corrected chi connectivity index (χ1v) is 11.1. The summed E-state index contributed by atoms with van der Waals surface area (Å²) in [6.45, 7) is 2.52. The largest absolute Gasteiger partial charge is 0.347 e. The summed E-state index contributed by atoms with van der Waals surface area (Å²) in [4.78, 5) is 39.5. The fourth-order valence-corrected chi connectivity index (χ4v) is 4.03.